The van der Waals surface area contributed by atoms with E-state index >= 15 is 0 Å². The van der Waals surface area contributed by atoms with Gasteiger partial charge in [0, 0.05) is 23.1 Å². The van der Waals surface area contributed by atoms with Crippen LogP contribution in [0, 0.1) is 0 Å². The van der Waals surface area contributed by atoms with Crippen LogP contribution in [0.5, 0.6) is 0 Å². The van der Waals surface area contributed by atoms with Crippen molar-refractivity contribution in [1.82, 2.24) is 10.6 Å². The Morgan fingerprint density at radius 3 is 2.03 bits per heavy atom. The number of nitrogens with one attached hydrogen (secondary N) is 2. The van der Waals surface area contributed by atoms with Crippen LogP contribution in [0.25, 0.3) is 0 Å². The second-order valence-electron chi connectivity index (χ2n) is 6.52. The van der Waals surface area contributed by atoms with Crippen molar-refractivity contribution in [3.05, 3.63) is 88.3 Å². The lowest BCUT2D eigenvalue weighted by Gasteiger charge is -2.16. The van der Waals surface area contributed by atoms with Crippen molar-refractivity contribution in [2.75, 3.05) is 6.54 Å². The molecule has 0 aliphatic carbocycles. The molecule has 10 heteroatoms. The molecule has 0 fully saturated rings. The molecule has 2 aromatic carbocycles. The number of furan rings is 1. The quantitative estimate of drug-likeness (QED) is 0.503. The fourth-order valence-corrected chi connectivity index (χ4v) is 4.60. The van der Waals surface area contributed by atoms with E-state index in [9.17, 15) is 18.0 Å². The highest BCUT2D eigenvalue weighted by Crippen LogP contribution is 2.29. The van der Waals surface area contributed by atoms with Gasteiger partial charge in [-0.25, -0.2) is 8.42 Å². The zero-order valence-electron chi connectivity index (χ0n) is 16.0. The van der Waals surface area contributed by atoms with Gasteiger partial charge in [0.1, 0.15) is 11.0 Å². The van der Waals surface area contributed by atoms with Crippen LogP contribution >= 0.6 is 23.2 Å². The molecule has 1 atom stereocenters. The summed E-state index contributed by atoms with van der Waals surface area (Å²) < 4.78 is 31.5. The standard InChI is InChI=1S/C21H18Cl2N2O5S/c22-15-5-3-14(4-6-15)12-24-20(26)21(27)25-13-19(18-2-1-11-30-18)31(28,29)17-9-7-16(23)8-10-17/h1-11,19H,12-13H2,(H,24,26)(H,25,27)/t19-/m1/s1. The minimum Gasteiger partial charge on any atom is -0.468 e. The lowest BCUT2D eigenvalue weighted by atomic mass is 10.2. The van der Waals surface area contributed by atoms with Crippen LogP contribution in [-0.4, -0.2) is 26.8 Å². The Morgan fingerprint density at radius 1 is 0.871 bits per heavy atom. The number of halogens is 2. The minimum atomic E-state index is -3.93. The predicted octanol–water partition coefficient (Wildman–Crippen LogP) is 3.53. The van der Waals surface area contributed by atoms with Gasteiger partial charge in [-0.3, -0.25) is 9.59 Å². The molecule has 0 saturated heterocycles. The van der Waals surface area contributed by atoms with Crippen molar-refractivity contribution >= 4 is 44.9 Å². The van der Waals surface area contributed by atoms with Crippen molar-refractivity contribution in [3.8, 4) is 0 Å². The van der Waals surface area contributed by atoms with Gasteiger partial charge in [-0.05, 0) is 54.1 Å². The fraction of sp³-hybridized carbons (Fsp3) is 0.143. The van der Waals surface area contributed by atoms with E-state index in [2.05, 4.69) is 10.6 Å². The SMILES string of the molecule is O=C(NCc1ccc(Cl)cc1)C(=O)NC[C@H](c1ccco1)S(=O)(=O)c1ccc(Cl)cc1. The van der Waals surface area contributed by atoms with E-state index in [4.69, 9.17) is 27.6 Å². The van der Waals surface area contributed by atoms with Crippen LogP contribution < -0.4 is 10.6 Å². The Bertz CT molecular complexity index is 1150. The highest BCUT2D eigenvalue weighted by atomic mass is 35.5. The van der Waals surface area contributed by atoms with E-state index in [1.807, 2.05) is 0 Å². The largest absolute Gasteiger partial charge is 0.468 e. The summed E-state index contributed by atoms with van der Waals surface area (Å²) in [4.78, 5) is 24.3. The third-order valence-corrected chi connectivity index (χ3v) is 6.98. The van der Waals surface area contributed by atoms with E-state index in [0.717, 1.165) is 5.56 Å². The van der Waals surface area contributed by atoms with Gasteiger partial charge >= 0.3 is 11.8 Å². The molecule has 31 heavy (non-hydrogen) atoms. The number of amides is 2. The monoisotopic (exact) mass is 480 g/mol. The lowest BCUT2D eigenvalue weighted by molar-refractivity contribution is -0.139. The van der Waals surface area contributed by atoms with Gasteiger partial charge in [0.25, 0.3) is 0 Å². The summed E-state index contributed by atoms with van der Waals surface area (Å²) in [7, 11) is -3.93. The summed E-state index contributed by atoms with van der Waals surface area (Å²) in [6, 6.07) is 15.4. The maximum atomic E-state index is 13.1. The number of carbonyl (C=O) groups excluding carboxylic acids is 2. The van der Waals surface area contributed by atoms with Gasteiger partial charge in [0.15, 0.2) is 9.84 Å². The first-order valence-corrected chi connectivity index (χ1v) is 11.4. The van der Waals surface area contributed by atoms with Gasteiger partial charge in [-0.1, -0.05) is 35.3 Å². The third-order valence-electron chi connectivity index (χ3n) is 4.40. The van der Waals surface area contributed by atoms with Crippen LogP contribution in [0.15, 0.2) is 76.2 Å². The van der Waals surface area contributed by atoms with E-state index in [1.165, 1.54) is 36.6 Å². The van der Waals surface area contributed by atoms with Crippen molar-refractivity contribution in [2.24, 2.45) is 0 Å². The molecule has 1 heterocycles. The average Bonchev–Trinajstić information content (AvgIpc) is 3.27. The minimum absolute atomic E-state index is 0.0136. The van der Waals surface area contributed by atoms with Crippen LogP contribution in [0.4, 0.5) is 0 Å². The average molecular weight is 481 g/mol. The van der Waals surface area contributed by atoms with Crippen LogP contribution in [0.3, 0.4) is 0 Å². The Morgan fingerprint density at radius 2 is 1.45 bits per heavy atom. The highest BCUT2D eigenvalue weighted by Gasteiger charge is 2.32. The molecule has 0 bridgehead atoms. The van der Waals surface area contributed by atoms with Crippen LogP contribution in [0.1, 0.15) is 16.6 Å². The first-order valence-electron chi connectivity index (χ1n) is 9.10. The number of hydrogen-bond acceptors (Lipinski definition) is 5. The maximum absolute atomic E-state index is 13.1. The summed E-state index contributed by atoms with van der Waals surface area (Å²) >= 11 is 11.7. The molecule has 0 unspecified atom stereocenters. The normalized spacial score (nSPS) is 12.2. The third kappa shape index (κ3) is 5.88. The van der Waals surface area contributed by atoms with E-state index < -0.39 is 26.9 Å². The Hall–Kier alpha value is -2.81. The summed E-state index contributed by atoms with van der Waals surface area (Å²) in [5.74, 6) is -1.72. The lowest BCUT2D eigenvalue weighted by Crippen LogP contribution is -2.42. The molecule has 0 aliphatic heterocycles. The molecule has 0 radical (unpaired) electrons. The first-order chi connectivity index (χ1) is 14.8. The zero-order chi connectivity index (χ0) is 22.4. The molecule has 162 valence electrons. The van der Waals surface area contributed by atoms with Crippen molar-refractivity contribution in [3.63, 3.8) is 0 Å². The molecule has 7 nitrogen and oxygen atoms in total. The van der Waals surface area contributed by atoms with E-state index in [-0.39, 0.29) is 23.7 Å². The number of carbonyl (C=O) groups is 2. The van der Waals surface area contributed by atoms with Gasteiger partial charge in [-0.15, -0.1) is 0 Å². The molecule has 3 aromatic rings. The van der Waals surface area contributed by atoms with Crippen LogP contribution in [-0.2, 0) is 26.0 Å². The molecule has 0 spiro atoms. The topological polar surface area (TPSA) is 105 Å². The number of hydrogen-bond donors (Lipinski definition) is 2. The van der Waals surface area contributed by atoms with Crippen molar-refractivity contribution in [1.29, 1.82) is 0 Å². The Balaban J connectivity index is 1.68. The summed E-state index contributed by atoms with van der Waals surface area (Å²) in [6.07, 6.45) is 1.33. The Kier molecular flexibility index (Phi) is 7.37. The molecule has 1 aromatic heterocycles. The number of sulfone groups is 1. The van der Waals surface area contributed by atoms with Gasteiger partial charge in [-0.2, -0.15) is 0 Å². The van der Waals surface area contributed by atoms with E-state index in [1.54, 1.807) is 30.3 Å². The van der Waals surface area contributed by atoms with E-state index in [0.29, 0.717) is 10.0 Å². The molecule has 2 amide bonds. The molecule has 2 N–H and O–H groups in total. The maximum Gasteiger partial charge on any atom is 0.309 e. The van der Waals surface area contributed by atoms with Gasteiger partial charge in [0.2, 0.25) is 0 Å². The molecular formula is C21H18Cl2N2O5S. The first kappa shape index (κ1) is 22.9. The van der Waals surface area contributed by atoms with Gasteiger partial charge < -0.3 is 15.1 Å². The summed E-state index contributed by atoms with van der Waals surface area (Å²) in [6.45, 7) is -0.236. The fourth-order valence-electron chi connectivity index (χ4n) is 2.76. The number of rotatable bonds is 7. The second kappa shape index (κ2) is 10.00. The van der Waals surface area contributed by atoms with Gasteiger partial charge in [0.05, 0.1) is 11.2 Å². The number of benzene rings is 2. The highest BCUT2D eigenvalue weighted by molar-refractivity contribution is 7.91. The molecule has 0 saturated carbocycles. The second-order valence-corrected chi connectivity index (χ2v) is 9.53. The Labute approximate surface area is 189 Å². The van der Waals surface area contributed by atoms with Crippen molar-refractivity contribution < 1.29 is 22.4 Å². The summed E-state index contributed by atoms with van der Waals surface area (Å²) in [5, 5.41) is 4.56. The van der Waals surface area contributed by atoms with Crippen LogP contribution in [0.2, 0.25) is 10.0 Å². The predicted molar refractivity (Wildman–Crippen MR) is 116 cm³/mol. The summed E-state index contributed by atoms with van der Waals surface area (Å²) in [5.41, 5.74) is 0.754. The molecule has 3 rings (SSSR count). The molecular weight excluding hydrogens is 463 g/mol. The smallest absolute Gasteiger partial charge is 0.309 e. The molecule has 0 aliphatic rings. The van der Waals surface area contributed by atoms with Crippen molar-refractivity contribution in [2.45, 2.75) is 16.7 Å². The zero-order valence-corrected chi connectivity index (χ0v) is 18.4.